The number of hydrogen-bond acceptors (Lipinski definition) is 1. The van der Waals surface area contributed by atoms with Crippen molar-refractivity contribution < 1.29 is 5.11 Å². The molecule has 0 saturated carbocycles. The van der Waals surface area contributed by atoms with E-state index >= 15 is 0 Å². The maximum atomic E-state index is 8.32. The molecule has 0 saturated heterocycles. The van der Waals surface area contributed by atoms with Crippen LogP contribution in [0.5, 0.6) is 0 Å². The molecule has 0 aliphatic carbocycles. The fourth-order valence-electron chi connectivity index (χ4n) is 0.223. The molecular weight excluding hydrogens is 206 g/mol. The minimum absolute atomic E-state index is 0.120. The van der Waals surface area contributed by atoms with E-state index in [4.69, 9.17) is 51.5 Å². The van der Waals surface area contributed by atoms with Gasteiger partial charge in [-0.2, -0.15) is 0 Å². The molecule has 0 aromatic carbocycles. The Labute approximate surface area is 73.2 Å². The van der Waals surface area contributed by atoms with Gasteiger partial charge in [0, 0.05) is 5.03 Å². The van der Waals surface area contributed by atoms with E-state index in [0.29, 0.717) is 0 Å². The molecule has 0 fully saturated rings. The van der Waals surface area contributed by atoms with Crippen LogP contribution in [0.2, 0.25) is 0 Å². The van der Waals surface area contributed by atoms with Crippen molar-refractivity contribution in [2.24, 2.45) is 0 Å². The molecule has 0 spiro atoms. The van der Waals surface area contributed by atoms with Crippen molar-refractivity contribution in [3.63, 3.8) is 0 Å². The Hall–Kier alpha value is 0.860. The van der Waals surface area contributed by atoms with Gasteiger partial charge in [-0.05, 0) is 6.08 Å². The van der Waals surface area contributed by atoms with Gasteiger partial charge in [-0.15, -0.1) is 0 Å². The minimum atomic E-state index is -1.51. The van der Waals surface area contributed by atoms with Crippen LogP contribution in [0.3, 0.4) is 0 Å². The summed E-state index contributed by atoms with van der Waals surface area (Å²) in [7, 11) is 0. The lowest BCUT2D eigenvalue weighted by Gasteiger charge is -2.02. The molecule has 0 heterocycles. The molecule has 1 nitrogen and oxygen atoms in total. The van der Waals surface area contributed by atoms with Crippen LogP contribution in [-0.2, 0) is 0 Å². The van der Waals surface area contributed by atoms with Crippen molar-refractivity contribution in [1.29, 1.82) is 0 Å². The van der Waals surface area contributed by atoms with Gasteiger partial charge in [0.2, 0.25) is 3.79 Å². The van der Waals surface area contributed by atoms with E-state index in [1.165, 1.54) is 0 Å². The van der Waals surface area contributed by atoms with Crippen LogP contribution in [-0.4, -0.2) is 15.5 Å². The largest absolute Gasteiger partial charge is 0.391 e. The van der Waals surface area contributed by atoms with Gasteiger partial charge >= 0.3 is 0 Å². The van der Waals surface area contributed by atoms with Gasteiger partial charge in [-0.25, -0.2) is 0 Å². The first-order chi connectivity index (χ1) is 3.95. The Morgan fingerprint density at radius 2 is 1.89 bits per heavy atom. The van der Waals surface area contributed by atoms with E-state index in [2.05, 4.69) is 0 Å². The number of rotatable bonds is 1. The van der Waals surface area contributed by atoms with Crippen LogP contribution in [0.4, 0.5) is 0 Å². The molecule has 54 valence electrons. The fourth-order valence-corrected chi connectivity index (χ4v) is 0.950. The Morgan fingerprint density at radius 3 is 2.00 bits per heavy atom. The smallest absolute Gasteiger partial charge is 0.210 e. The highest BCUT2D eigenvalue weighted by Crippen LogP contribution is 2.29. The normalized spacial score (nSPS) is 14.1. The summed E-state index contributed by atoms with van der Waals surface area (Å²) in [5.41, 5.74) is 0. The van der Waals surface area contributed by atoms with Gasteiger partial charge in [0.05, 0.1) is 6.61 Å². The summed E-state index contributed by atoms with van der Waals surface area (Å²) in [6.07, 6.45) is 1.14. The van der Waals surface area contributed by atoms with Crippen LogP contribution in [0.1, 0.15) is 0 Å². The van der Waals surface area contributed by atoms with Crippen LogP contribution < -0.4 is 0 Å². The van der Waals surface area contributed by atoms with Gasteiger partial charge in [0.1, 0.15) is 0 Å². The summed E-state index contributed by atoms with van der Waals surface area (Å²) in [6, 6.07) is 0. The van der Waals surface area contributed by atoms with Gasteiger partial charge in [0.15, 0.2) is 0 Å². The first kappa shape index (κ1) is 9.86. The molecule has 0 aromatic heterocycles. The Morgan fingerprint density at radius 1 is 1.44 bits per heavy atom. The third kappa shape index (κ3) is 6.75. The van der Waals surface area contributed by atoms with Crippen LogP contribution in [0.15, 0.2) is 11.1 Å². The standard InChI is InChI=1S/C4H4Cl4O/c5-3(2-9)1-4(6,7)8/h1,9H,2H2. The Bertz CT molecular complexity index is 114. The topological polar surface area (TPSA) is 20.2 Å². The highest BCUT2D eigenvalue weighted by molar-refractivity contribution is 6.69. The van der Waals surface area contributed by atoms with Gasteiger partial charge < -0.3 is 5.11 Å². The van der Waals surface area contributed by atoms with Crippen molar-refractivity contribution in [3.8, 4) is 0 Å². The second kappa shape index (κ2) is 3.89. The fraction of sp³-hybridized carbons (Fsp3) is 0.500. The summed E-state index contributed by atoms with van der Waals surface area (Å²) in [5.74, 6) is 0. The highest BCUT2D eigenvalue weighted by atomic mass is 35.6. The lowest BCUT2D eigenvalue weighted by molar-refractivity contribution is 0.338. The number of aliphatic hydroxyl groups excluding tert-OH is 1. The molecule has 0 aliphatic rings. The molecule has 0 bridgehead atoms. The number of hydrogen-bond donors (Lipinski definition) is 1. The average Bonchev–Trinajstić information content (AvgIpc) is 1.62. The first-order valence-electron chi connectivity index (χ1n) is 2.00. The van der Waals surface area contributed by atoms with E-state index in [9.17, 15) is 0 Å². The maximum Gasteiger partial charge on any atom is 0.210 e. The summed E-state index contributed by atoms with van der Waals surface area (Å²) < 4.78 is -1.51. The van der Waals surface area contributed by atoms with Crippen molar-refractivity contribution in [1.82, 2.24) is 0 Å². The van der Waals surface area contributed by atoms with Crippen molar-refractivity contribution >= 4 is 46.4 Å². The third-order valence-corrected chi connectivity index (χ3v) is 1.03. The summed E-state index contributed by atoms with van der Waals surface area (Å²) >= 11 is 21.1. The zero-order valence-electron chi connectivity index (χ0n) is 4.24. The van der Waals surface area contributed by atoms with E-state index in [-0.39, 0.29) is 11.6 Å². The first-order valence-corrected chi connectivity index (χ1v) is 3.51. The third-order valence-electron chi connectivity index (χ3n) is 0.471. The minimum Gasteiger partial charge on any atom is -0.391 e. The van der Waals surface area contributed by atoms with Crippen LogP contribution in [0, 0.1) is 0 Å². The molecule has 0 aliphatic heterocycles. The quantitative estimate of drug-likeness (QED) is 0.659. The van der Waals surface area contributed by atoms with E-state index in [1.807, 2.05) is 0 Å². The van der Waals surface area contributed by atoms with Gasteiger partial charge in [-0.3, -0.25) is 0 Å². The lowest BCUT2D eigenvalue weighted by atomic mass is 10.5. The predicted octanol–water partition coefficient (Wildman–Crippen LogP) is 2.47. The number of aliphatic hydroxyl groups is 1. The molecular formula is C4H4Cl4O. The van der Waals surface area contributed by atoms with Crippen molar-refractivity contribution in [2.75, 3.05) is 6.61 Å². The van der Waals surface area contributed by atoms with Gasteiger partial charge in [-0.1, -0.05) is 46.4 Å². The van der Waals surface area contributed by atoms with E-state index in [1.54, 1.807) is 0 Å². The van der Waals surface area contributed by atoms with E-state index in [0.717, 1.165) is 6.08 Å². The zero-order valence-corrected chi connectivity index (χ0v) is 7.27. The number of alkyl halides is 3. The molecule has 0 amide bonds. The average molecular weight is 210 g/mol. The lowest BCUT2D eigenvalue weighted by Crippen LogP contribution is -1.97. The molecule has 0 atom stereocenters. The maximum absolute atomic E-state index is 8.32. The second-order valence-electron chi connectivity index (χ2n) is 1.29. The summed E-state index contributed by atoms with van der Waals surface area (Å²) in [5, 5.41) is 8.44. The van der Waals surface area contributed by atoms with Crippen LogP contribution in [0.25, 0.3) is 0 Å². The number of halogens is 4. The SMILES string of the molecule is OCC(Cl)=CC(Cl)(Cl)Cl. The van der Waals surface area contributed by atoms with E-state index < -0.39 is 3.79 Å². The molecule has 0 radical (unpaired) electrons. The second-order valence-corrected chi connectivity index (χ2v) is 4.15. The molecule has 5 heteroatoms. The molecule has 0 aromatic rings. The highest BCUT2D eigenvalue weighted by Gasteiger charge is 2.15. The van der Waals surface area contributed by atoms with Crippen molar-refractivity contribution in [2.45, 2.75) is 3.79 Å². The number of allylic oxidation sites excluding steroid dienone is 1. The molecule has 9 heavy (non-hydrogen) atoms. The summed E-state index contributed by atoms with van der Waals surface area (Å²) in [4.78, 5) is 0. The molecule has 1 N–H and O–H groups in total. The predicted molar refractivity (Wildman–Crippen MR) is 41.3 cm³/mol. The monoisotopic (exact) mass is 208 g/mol. The Kier molecular flexibility index (Phi) is 4.26. The van der Waals surface area contributed by atoms with Gasteiger partial charge in [0.25, 0.3) is 0 Å². The Balaban J connectivity index is 3.95. The molecule has 0 unspecified atom stereocenters. The zero-order chi connectivity index (χ0) is 7.49. The summed E-state index contributed by atoms with van der Waals surface area (Å²) in [6.45, 7) is -0.310. The molecule has 0 rings (SSSR count). The van der Waals surface area contributed by atoms with Crippen LogP contribution >= 0.6 is 46.4 Å². The van der Waals surface area contributed by atoms with Crippen molar-refractivity contribution in [3.05, 3.63) is 11.1 Å².